The van der Waals surface area contributed by atoms with Gasteiger partial charge in [0.05, 0.1) is 23.6 Å². The van der Waals surface area contributed by atoms with Crippen molar-refractivity contribution in [2.75, 3.05) is 13.2 Å². The second kappa shape index (κ2) is 10.0. The van der Waals surface area contributed by atoms with E-state index in [-0.39, 0.29) is 37.4 Å². The molecule has 7 heteroatoms. The number of hydrogen-bond acceptors (Lipinski definition) is 5. The highest BCUT2D eigenvalue weighted by Gasteiger charge is 2.36. The average Bonchev–Trinajstić information content (AvgIpc) is 3.09. The maximum atomic E-state index is 12.8. The highest BCUT2D eigenvalue weighted by molar-refractivity contribution is 5.86. The van der Waals surface area contributed by atoms with Gasteiger partial charge in [0.25, 0.3) is 0 Å². The van der Waals surface area contributed by atoms with Gasteiger partial charge in [-0.25, -0.2) is 0 Å². The summed E-state index contributed by atoms with van der Waals surface area (Å²) in [6.07, 6.45) is 9.66. The first-order valence-electron chi connectivity index (χ1n) is 10.3. The third-order valence-corrected chi connectivity index (χ3v) is 5.47. The van der Waals surface area contributed by atoms with E-state index < -0.39 is 17.0 Å². The quantitative estimate of drug-likeness (QED) is 0.500. The summed E-state index contributed by atoms with van der Waals surface area (Å²) in [5.41, 5.74) is -1.25. The van der Waals surface area contributed by atoms with Crippen LogP contribution in [-0.2, 0) is 19.1 Å². The molecule has 2 amide bonds. The first-order chi connectivity index (χ1) is 13.3. The molecule has 1 unspecified atom stereocenters. The van der Waals surface area contributed by atoms with Crippen LogP contribution in [-0.4, -0.2) is 47.2 Å². The predicted molar refractivity (Wildman–Crippen MR) is 105 cm³/mol. The van der Waals surface area contributed by atoms with Crippen LogP contribution >= 0.6 is 0 Å². The van der Waals surface area contributed by atoms with Crippen LogP contribution in [0, 0.1) is 5.92 Å². The van der Waals surface area contributed by atoms with E-state index in [1.165, 1.54) is 0 Å². The van der Waals surface area contributed by atoms with Gasteiger partial charge < -0.3 is 20.5 Å². The number of ether oxygens (including phenoxy) is 1. The van der Waals surface area contributed by atoms with Crippen LogP contribution < -0.4 is 10.6 Å². The third kappa shape index (κ3) is 6.93. The molecule has 2 rings (SSSR count). The summed E-state index contributed by atoms with van der Waals surface area (Å²) in [5.74, 6) is -1.22. The molecule has 1 saturated carbocycles. The summed E-state index contributed by atoms with van der Waals surface area (Å²) < 4.78 is 5.27. The SMILES string of the molecule is CC1(C)COC(=O)CCCC=CCC(CC(=O)NC2(CO)CCCC2)C(=O)N1. The fourth-order valence-electron chi connectivity index (χ4n) is 3.78. The molecule has 0 saturated heterocycles. The lowest BCUT2D eigenvalue weighted by Gasteiger charge is -2.30. The fourth-order valence-corrected chi connectivity index (χ4v) is 3.78. The van der Waals surface area contributed by atoms with E-state index >= 15 is 0 Å². The fraction of sp³-hybridized carbons (Fsp3) is 0.762. The zero-order valence-corrected chi connectivity index (χ0v) is 17.1. The van der Waals surface area contributed by atoms with Crippen molar-refractivity contribution in [2.45, 2.75) is 82.7 Å². The maximum Gasteiger partial charge on any atom is 0.305 e. The summed E-state index contributed by atoms with van der Waals surface area (Å²) in [4.78, 5) is 37.2. The molecule has 0 aromatic rings. The van der Waals surface area contributed by atoms with E-state index in [4.69, 9.17) is 4.74 Å². The lowest BCUT2D eigenvalue weighted by atomic mass is 9.94. The monoisotopic (exact) mass is 394 g/mol. The molecule has 1 fully saturated rings. The Morgan fingerprint density at radius 2 is 1.96 bits per heavy atom. The molecule has 1 aliphatic carbocycles. The van der Waals surface area contributed by atoms with Gasteiger partial charge in [-0.1, -0.05) is 25.0 Å². The molecular weight excluding hydrogens is 360 g/mol. The molecule has 0 spiro atoms. The zero-order valence-electron chi connectivity index (χ0n) is 17.1. The molecule has 1 atom stereocenters. The number of allylic oxidation sites excluding steroid dienone is 2. The Balaban J connectivity index is 2.04. The topological polar surface area (TPSA) is 105 Å². The van der Waals surface area contributed by atoms with Gasteiger partial charge in [0.15, 0.2) is 0 Å². The maximum absolute atomic E-state index is 12.8. The number of amides is 2. The van der Waals surface area contributed by atoms with E-state index in [0.717, 1.165) is 32.1 Å². The molecule has 158 valence electrons. The molecular formula is C21H34N2O5. The van der Waals surface area contributed by atoms with E-state index in [0.29, 0.717) is 19.3 Å². The third-order valence-electron chi connectivity index (χ3n) is 5.47. The summed E-state index contributed by atoms with van der Waals surface area (Å²) in [7, 11) is 0. The number of carbonyl (C=O) groups is 3. The van der Waals surface area contributed by atoms with Crippen LogP contribution in [0.5, 0.6) is 0 Å². The first-order valence-corrected chi connectivity index (χ1v) is 10.3. The Kier molecular flexibility index (Phi) is 8.04. The van der Waals surface area contributed by atoms with Gasteiger partial charge >= 0.3 is 5.97 Å². The van der Waals surface area contributed by atoms with Crippen molar-refractivity contribution in [2.24, 2.45) is 5.92 Å². The molecule has 1 heterocycles. The van der Waals surface area contributed by atoms with Gasteiger partial charge in [0.1, 0.15) is 6.61 Å². The smallest absolute Gasteiger partial charge is 0.305 e. The van der Waals surface area contributed by atoms with E-state index in [2.05, 4.69) is 10.6 Å². The molecule has 0 aromatic heterocycles. The number of rotatable bonds is 4. The van der Waals surface area contributed by atoms with Crippen LogP contribution in [0.4, 0.5) is 0 Å². The second-order valence-corrected chi connectivity index (χ2v) is 8.73. The highest BCUT2D eigenvalue weighted by Crippen LogP contribution is 2.29. The van der Waals surface area contributed by atoms with E-state index in [1.54, 1.807) is 13.8 Å². The summed E-state index contributed by atoms with van der Waals surface area (Å²) >= 11 is 0. The largest absolute Gasteiger partial charge is 0.463 e. The molecule has 1 aliphatic heterocycles. The van der Waals surface area contributed by atoms with Crippen molar-refractivity contribution >= 4 is 17.8 Å². The molecule has 0 radical (unpaired) electrons. The molecule has 3 N–H and O–H groups in total. The predicted octanol–water partition coefficient (Wildman–Crippen LogP) is 1.98. The van der Waals surface area contributed by atoms with Gasteiger partial charge in [0, 0.05) is 12.8 Å². The molecule has 2 aliphatic rings. The second-order valence-electron chi connectivity index (χ2n) is 8.73. The Hall–Kier alpha value is -1.89. The Morgan fingerprint density at radius 1 is 1.25 bits per heavy atom. The first kappa shape index (κ1) is 22.4. The Labute approximate surface area is 167 Å². The lowest BCUT2D eigenvalue weighted by Crippen LogP contribution is -2.52. The van der Waals surface area contributed by atoms with Gasteiger partial charge in [-0.15, -0.1) is 0 Å². The lowest BCUT2D eigenvalue weighted by molar-refractivity contribution is -0.146. The number of esters is 1. The van der Waals surface area contributed by atoms with Crippen molar-refractivity contribution in [3.8, 4) is 0 Å². The van der Waals surface area contributed by atoms with Crippen LogP contribution in [0.2, 0.25) is 0 Å². The van der Waals surface area contributed by atoms with Crippen molar-refractivity contribution in [3.63, 3.8) is 0 Å². The van der Waals surface area contributed by atoms with Crippen LogP contribution in [0.1, 0.15) is 71.6 Å². The van der Waals surface area contributed by atoms with Gasteiger partial charge in [-0.3, -0.25) is 14.4 Å². The standard InChI is InChI=1S/C21H34N2O5/c1-20(2)15-28-18(26)10-6-4-3-5-9-16(19(27)23-20)13-17(25)22-21(14-24)11-7-8-12-21/h3,5,16,24H,4,6-15H2,1-2H3,(H,22,25)(H,23,27). The van der Waals surface area contributed by atoms with Crippen molar-refractivity contribution < 1.29 is 24.2 Å². The van der Waals surface area contributed by atoms with Gasteiger partial charge in [-0.05, 0) is 46.0 Å². The van der Waals surface area contributed by atoms with E-state index in [1.807, 2.05) is 12.2 Å². The van der Waals surface area contributed by atoms with Crippen molar-refractivity contribution in [1.29, 1.82) is 0 Å². The Bertz CT molecular complexity index is 594. The van der Waals surface area contributed by atoms with Crippen molar-refractivity contribution in [3.05, 3.63) is 12.2 Å². The number of nitrogens with one attached hydrogen (secondary N) is 2. The molecule has 28 heavy (non-hydrogen) atoms. The van der Waals surface area contributed by atoms with Crippen LogP contribution in [0.3, 0.4) is 0 Å². The highest BCUT2D eigenvalue weighted by atomic mass is 16.5. The van der Waals surface area contributed by atoms with Crippen LogP contribution in [0.15, 0.2) is 12.2 Å². The van der Waals surface area contributed by atoms with Gasteiger partial charge in [-0.2, -0.15) is 0 Å². The summed E-state index contributed by atoms with van der Waals surface area (Å²) in [6.45, 7) is 3.61. The number of carbonyl (C=O) groups excluding carboxylic acids is 3. The molecule has 7 nitrogen and oxygen atoms in total. The number of aliphatic hydroxyl groups excluding tert-OH is 1. The summed E-state index contributed by atoms with van der Waals surface area (Å²) in [5, 5.41) is 15.6. The summed E-state index contributed by atoms with van der Waals surface area (Å²) in [6, 6.07) is 0. The number of hydrogen-bond donors (Lipinski definition) is 3. The van der Waals surface area contributed by atoms with Gasteiger partial charge in [0.2, 0.25) is 11.8 Å². The minimum atomic E-state index is -0.711. The number of cyclic esters (lactones) is 1. The molecule has 0 aromatic carbocycles. The van der Waals surface area contributed by atoms with E-state index in [9.17, 15) is 19.5 Å². The number of aliphatic hydroxyl groups is 1. The van der Waals surface area contributed by atoms with Crippen molar-refractivity contribution in [1.82, 2.24) is 10.6 Å². The minimum Gasteiger partial charge on any atom is -0.463 e. The average molecular weight is 395 g/mol. The normalized spacial score (nSPS) is 25.6. The molecule has 0 bridgehead atoms. The Morgan fingerprint density at radius 3 is 2.64 bits per heavy atom. The van der Waals surface area contributed by atoms with Crippen LogP contribution in [0.25, 0.3) is 0 Å². The zero-order chi connectivity index (χ0) is 20.6. The minimum absolute atomic E-state index is 0.0633.